The highest BCUT2D eigenvalue weighted by atomic mass is 35.5. The van der Waals surface area contributed by atoms with Crippen molar-refractivity contribution in [1.82, 2.24) is 9.80 Å². The van der Waals surface area contributed by atoms with Crippen LogP contribution in [0.1, 0.15) is 19.8 Å². The maximum absolute atomic E-state index is 12.3. The molecule has 0 spiro atoms. The van der Waals surface area contributed by atoms with Crippen molar-refractivity contribution in [2.75, 3.05) is 38.5 Å². The first-order chi connectivity index (χ1) is 11.3. The summed E-state index contributed by atoms with van der Waals surface area (Å²) in [6.07, 6.45) is 2.34. The van der Waals surface area contributed by atoms with Crippen LogP contribution in [0.5, 0.6) is 0 Å². The zero-order valence-electron chi connectivity index (χ0n) is 14.0. The summed E-state index contributed by atoms with van der Waals surface area (Å²) in [6, 6.07) is 4.87. The molecular formula is C17H23Cl2N3O2. The zero-order chi connectivity index (χ0) is 17.7. The topological polar surface area (TPSA) is 52.7 Å². The second-order valence-electron chi connectivity index (χ2n) is 6.41. The number of likely N-dealkylation sites (tertiary alicyclic amines) is 1. The minimum atomic E-state index is -0.267. The molecule has 132 valence electrons. The van der Waals surface area contributed by atoms with Crippen LogP contribution in [0.2, 0.25) is 10.0 Å². The quantitative estimate of drug-likeness (QED) is 0.864. The summed E-state index contributed by atoms with van der Waals surface area (Å²) in [7, 11) is 1.64. The summed E-state index contributed by atoms with van der Waals surface area (Å²) in [6.45, 7) is 4.45. The molecule has 0 radical (unpaired) electrons. The van der Waals surface area contributed by atoms with Gasteiger partial charge in [-0.3, -0.25) is 14.5 Å². The Balaban J connectivity index is 1.81. The van der Waals surface area contributed by atoms with E-state index in [1.807, 2.05) is 0 Å². The van der Waals surface area contributed by atoms with Gasteiger partial charge in [0.15, 0.2) is 0 Å². The molecule has 1 heterocycles. The third kappa shape index (κ3) is 5.65. The van der Waals surface area contributed by atoms with Crippen LogP contribution < -0.4 is 5.32 Å². The van der Waals surface area contributed by atoms with Crippen LogP contribution in [0, 0.1) is 5.92 Å². The zero-order valence-corrected chi connectivity index (χ0v) is 15.5. The van der Waals surface area contributed by atoms with Crippen molar-refractivity contribution in [3.05, 3.63) is 28.2 Å². The molecule has 2 rings (SSSR count). The summed E-state index contributed by atoms with van der Waals surface area (Å²) >= 11 is 11.8. The van der Waals surface area contributed by atoms with Crippen LogP contribution in [0.15, 0.2) is 18.2 Å². The van der Waals surface area contributed by atoms with Gasteiger partial charge in [-0.2, -0.15) is 0 Å². The third-order valence-electron chi connectivity index (χ3n) is 4.11. The van der Waals surface area contributed by atoms with Crippen molar-refractivity contribution in [1.29, 1.82) is 0 Å². The van der Waals surface area contributed by atoms with E-state index in [9.17, 15) is 9.59 Å². The fraction of sp³-hybridized carbons (Fsp3) is 0.529. The van der Waals surface area contributed by atoms with Gasteiger partial charge < -0.3 is 10.2 Å². The average Bonchev–Trinajstić information content (AvgIpc) is 2.50. The lowest BCUT2D eigenvalue weighted by molar-refractivity contribution is -0.134. The standard InChI is InChI=1S/C17H23Cl2N3O2/c1-12-4-3-7-22(9-12)11-17(24)21(2)10-16(23)20-13-5-6-14(18)15(19)8-13/h5-6,8,12H,3-4,7,9-11H2,1-2H3,(H,20,23)/t12-/m0/s1. The summed E-state index contributed by atoms with van der Waals surface area (Å²) in [5.74, 6) is 0.305. The van der Waals surface area contributed by atoms with Crippen molar-refractivity contribution < 1.29 is 9.59 Å². The molecule has 1 aliphatic rings. The van der Waals surface area contributed by atoms with Gasteiger partial charge in [-0.15, -0.1) is 0 Å². The summed E-state index contributed by atoms with van der Waals surface area (Å²) in [4.78, 5) is 28.0. The Hall–Kier alpha value is -1.30. The van der Waals surface area contributed by atoms with Crippen molar-refractivity contribution in [3.63, 3.8) is 0 Å². The van der Waals surface area contributed by atoms with Gasteiger partial charge in [-0.25, -0.2) is 0 Å². The fourth-order valence-corrected chi connectivity index (χ4v) is 3.12. The number of carbonyl (C=O) groups is 2. The van der Waals surface area contributed by atoms with E-state index in [1.54, 1.807) is 25.2 Å². The molecule has 1 aromatic carbocycles. The number of hydrogen-bond donors (Lipinski definition) is 1. The van der Waals surface area contributed by atoms with E-state index in [0.29, 0.717) is 28.2 Å². The molecule has 1 aliphatic heterocycles. The SMILES string of the molecule is C[C@H]1CCCN(CC(=O)N(C)CC(=O)Nc2ccc(Cl)c(Cl)c2)C1. The Morgan fingerprint density at radius 3 is 2.75 bits per heavy atom. The van der Waals surface area contributed by atoms with Gasteiger partial charge >= 0.3 is 0 Å². The van der Waals surface area contributed by atoms with Gasteiger partial charge in [0.2, 0.25) is 11.8 Å². The maximum atomic E-state index is 12.3. The first-order valence-electron chi connectivity index (χ1n) is 8.06. The molecule has 24 heavy (non-hydrogen) atoms. The molecule has 7 heteroatoms. The average molecular weight is 372 g/mol. The molecule has 0 bridgehead atoms. The molecule has 2 amide bonds. The van der Waals surface area contributed by atoms with Gasteiger partial charge in [-0.05, 0) is 43.5 Å². The fourth-order valence-electron chi connectivity index (χ4n) is 2.82. The first kappa shape index (κ1) is 19.0. The van der Waals surface area contributed by atoms with E-state index in [-0.39, 0.29) is 18.4 Å². The number of anilines is 1. The normalized spacial score (nSPS) is 18.2. The molecule has 5 nitrogen and oxygen atoms in total. The molecule has 0 unspecified atom stereocenters. The number of halogens is 2. The molecule has 1 atom stereocenters. The second-order valence-corrected chi connectivity index (χ2v) is 7.22. The number of nitrogens with one attached hydrogen (secondary N) is 1. The predicted octanol–water partition coefficient (Wildman–Crippen LogP) is 3.12. The number of amides is 2. The predicted molar refractivity (Wildman–Crippen MR) is 97.6 cm³/mol. The van der Waals surface area contributed by atoms with Crippen molar-refractivity contribution >= 4 is 40.7 Å². The third-order valence-corrected chi connectivity index (χ3v) is 4.85. The number of piperidine rings is 1. The Morgan fingerprint density at radius 2 is 2.08 bits per heavy atom. The van der Waals surface area contributed by atoms with E-state index in [2.05, 4.69) is 17.1 Å². The Morgan fingerprint density at radius 1 is 1.33 bits per heavy atom. The second kappa shape index (κ2) is 8.70. The monoisotopic (exact) mass is 371 g/mol. The van der Waals surface area contributed by atoms with Crippen LogP contribution in [-0.4, -0.2) is 54.8 Å². The lowest BCUT2D eigenvalue weighted by Crippen LogP contribution is -2.44. The minimum absolute atomic E-state index is 0.00245. The molecule has 0 aliphatic carbocycles. The highest BCUT2D eigenvalue weighted by molar-refractivity contribution is 6.42. The minimum Gasteiger partial charge on any atom is -0.335 e. The molecular weight excluding hydrogens is 349 g/mol. The first-order valence-corrected chi connectivity index (χ1v) is 8.82. The van der Waals surface area contributed by atoms with Crippen LogP contribution in [0.3, 0.4) is 0 Å². The highest BCUT2D eigenvalue weighted by Crippen LogP contribution is 2.24. The number of nitrogens with zero attached hydrogens (tertiary/aromatic N) is 2. The van der Waals surface area contributed by atoms with E-state index < -0.39 is 0 Å². The van der Waals surface area contributed by atoms with Crippen LogP contribution in [-0.2, 0) is 9.59 Å². The van der Waals surface area contributed by atoms with Gasteiger partial charge in [0.25, 0.3) is 0 Å². The molecule has 1 N–H and O–H groups in total. The summed E-state index contributed by atoms with van der Waals surface area (Å²) < 4.78 is 0. The van der Waals surface area contributed by atoms with Crippen molar-refractivity contribution in [3.8, 4) is 0 Å². The van der Waals surface area contributed by atoms with E-state index in [0.717, 1.165) is 19.5 Å². The number of carbonyl (C=O) groups excluding carboxylic acids is 2. The van der Waals surface area contributed by atoms with E-state index >= 15 is 0 Å². The number of benzene rings is 1. The number of hydrogen-bond acceptors (Lipinski definition) is 3. The number of rotatable bonds is 5. The Labute approximate surface area is 152 Å². The Kier molecular flexibility index (Phi) is 6.90. The summed E-state index contributed by atoms with van der Waals surface area (Å²) in [5.41, 5.74) is 0.556. The van der Waals surface area contributed by atoms with Crippen molar-refractivity contribution in [2.24, 2.45) is 5.92 Å². The largest absolute Gasteiger partial charge is 0.335 e. The maximum Gasteiger partial charge on any atom is 0.243 e. The molecule has 1 aromatic rings. The molecule has 1 saturated heterocycles. The van der Waals surface area contributed by atoms with Crippen molar-refractivity contribution in [2.45, 2.75) is 19.8 Å². The smallest absolute Gasteiger partial charge is 0.243 e. The van der Waals surface area contributed by atoms with Gasteiger partial charge in [0.1, 0.15) is 0 Å². The van der Waals surface area contributed by atoms with Gasteiger partial charge in [0.05, 0.1) is 23.1 Å². The highest BCUT2D eigenvalue weighted by Gasteiger charge is 2.21. The lowest BCUT2D eigenvalue weighted by Gasteiger charge is -2.31. The van der Waals surface area contributed by atoms with Crippen LogP contribution in [0.4, 0.5) is 5.69 Å². The van der Waals surface area contributed by atoms with E-state index in [1.165, 1.54) is 11.3 Å². The molecule has 1 fully saturated rings. The molecule has 0 saturated carbocycles. The summed E-state index contributed by atoms with van der Waals surface area (Å²) in [5, 5.41) is 3.52. The van der Waals surface area contributed by atoms with Crippen LogP contribution in [0.25, 0.3) is 0 Å². The van der Waals surface area contributed by atoms with Gasteiger partial charge in [-0.1, -0.05) is 30.1 Å². The van der Waals surface area contributed by atoms with E-state index in [4.69, 9.17) is 23.2 Å². The molecule has 0 aromatic heterocycles. The Bertz CT molecular complexity index is 609. The van der Waals surface area contributed by atoms with Gasteiger partial charge in [0, 0.05) is 19.3 Å². The number of likely N-dealkylation sites (N-methyl/N-ethyl adjacent to an activating group) is 1. The lowest BCUT2D eigenvalue weighted by atomic mass is 10.0. The van der Waals surface area contributed by atoms with Crippen LogP contribution >= 0.6 is 23.2 Å².